The summed E-state index contributed by atoms with van der Waals surface area (Å²) in [6, 6.07) is 2.46. The third-order valence-corrected chi connectivity index (χ3v) is 5.42. The van der Waals surface area contributed by atoms with Crippen LogP contribution in [0.2, 0.25) is 0 Å². The minimum absolute atomic E-state index is 0.245. The van der Waals surface area contributed by atoms with Gasteiger partial charge in [0.1, 0.15) is 0 Å². The van der Waals surface area contributed by atoms with Crippen LogP contribution < -0.4 is 5.73 Å². The van der Waals surface area contributed by atoms with Crippen LogP contribution >= 0.6 is 27.3 Å². The summed E-state index contributed by atoms with van der Waals surface area (Å²) in [7, 11) is 0. The maximum atomic E-state index is 6.42. The number of hydrogen-bond donors (Lipinski definition) is 1. The summed E-state index contributed by atoms with van der Waals surface area (Å²) in [5.74, 6) is 1.59. The van der Waals surface area contributed by atoms with Crippen LogP contribution in [0.15, 0.2) is 9.85 Å². The number of halogens is 1. The van der Waals surface area contributed by atoms with Gasteiger partial charge >= 0.3 is 0 Å². The molecule has 0 saturated heterocycles. The van der Waals surface area contributed by atoms with Gasteiger partial charge in [0.2, 0.25) is 0 Å². The summed E-state index contributed by atoms with van der Waals surface area (Å²) >= 11 is 5.35. The molecule has 0 amide bonds. The summed E-state index contributed by atoms with van der Waals surface area (Å²) in [5.41, 5.74) is 7.77. The van der Waals surface area contributed by atoms with Crippen molar-refractivity contribution >= 4 is 27.3 Å². The molecule has 1 fully saturated rings. The normalized spacial score (nSPS) is 28.0. The molecule has 2 N–H and O–H groups in total. The second kappa shape index (κ2) is 5.19. The zero-order valence-corrected chi connectivity index (χ0v) is 12.4. The van der Waals surface area contributed by atoms with Crippen molar-refractivity contribution in [2.75, 3.05) is 0 Å². The first-order valence-electron chi connectivity index (χ1n) is 6.09. The molecule has 3 heteroatoms. The van der Waals surface area contributed by atoms with Crippen molar-refractivity contribution in [2.45, 2.75) is 45.6 Å². The van der Waals surface area contributed by atoms with Gasteiger partial charge in [0.15, 0.2) is 0 Å². The molecule has 1 aliphatic rings. The Morgan fingerprint density at radius 1 is 1.38 bits per heavy atom. The van der Waals surface area contributed by atoms with Crippen molar-refractivity contribution in [1.29, 1.82) is 0 Å². The monoisotopic (exact) mass is 301 g/mol. The summed E-state index contributed by atoms with van der Waals surface area (Å²) in [4.78, 5) is 1.37. The fraction of sp³-hybridized carbons (Fsp3) is 0.692. The largest absolute Gasteiger partial charge is 0.324 e. The Morgan fingerprint density at radius 3 is 2.50 bits per heavy atom. The minimum Gasteiger partial charge on any atom is -0.324 e. The van der Waals surface area contributed by atoms with E-state index in [2.05, 4.69) is 35.8 Å². The Hall–Kier alpha value is 0.140. The summed E-state index contributed by atoms with van der Waals surface area (Å²) in [6.07, 6.45) is 5.30. The molecule has 0 radical (unpaired) electrons. The Labute approximate surface area is 111 Å². The molecule has 90 valence electrons. The molecule has 1 unspecified atom stereocenters. The van der Waals surface area contributed by atoms with E-state index < -0.39 is 0 Å². The zero-order valence-electron chi connectivity index (χ0n) is 10.0. The third-order valence-electron chi connectivity index (χ3n) is 3.85. The van der Waals surface area contributed by atoms with Crippen molar-refractivity contribution in [3.05, 3.63) is 20.3 Å². The molecular formula is C13H20BrNS. The van der Waals surface area contributed by atoms with Gasteiger partial charge in [0.25, 0.3) is 0 Å². The molecule has 2 rings (SSSR count). The zero-order chi connectivity index (χ0) is 11.7. The molecule has 1 atom stereocenters. The predicted octanol–water partition coefficient (Wildman–Crippen LogP) is 4.65. The number of hydrogen-bond acceptors (Lipinski definition) is 2. The second-order valence-corrected chi connectivity index (χ2v) is 7.74. The SMILES string of the molecule is Cc1sc(Br)cc1C(N)C1CCC(C)CC1. The van der Waals surface area contributed by atoms with Crippen LogP contribution in [0.25, 0.3) is 0 Å². The average Bonchev–Trinajstić information content (AvgIpc) is 2.58. The van der Waals surface area contributed by atoms with Crippen LogP contribution in [-0.4, -0.2) is 0 Å². The topological polar surface area (TPSA) is 26.0 Å². The van der Waals surface area contributed by atoms with E-state index in [1.165, 1.54) is 39.9 Å². The standard InChI is InChI=1S/C13H20BrNS/c1-8-3-5-10(6-4-8)13(15)11-7-12(14)16-9(11)2/h7-8,10,13H,3-6,15H2,1-2H3. The quantitative estimate of drug-likeness (QED) is 0.846. The van der Waals surface area contributed by atoms with Gasteiger partial charge in [-0.1, -0.05) is 19.8 Å². The van der Waals surface area contributed by atoms with E-state index in [0.717, 1.165) is 5.92 Å². The molecule has 1 nitrogen and oxygen atoms in total. The molecule has 0 aromatic carbocycles. The van der Waals surface area contributed by atoms with Gasteiger partial charge in [-0.15, -0.1) is 11.3 Å². The first-order chi connectivity index (χ1) is 7.58. The second-order valence-electron chi connectivity index (χ2n) is 5.11. The number of thiophene rings is 1. The maximum absolute atomic E-state index is 6.42. The van der Waals surface area contributed by atoms with E-state index in [9.17, 15) is 0 Å². The molecule has 0 bridgehead atoms. The van der Waals surface area contributed by atoms with Crippen molar-refractivity contribution in [1.82, 2.24) is 0 Å². The van der Waals surface area contributed by atoms with Crippen LogP contribution in [0.4, 0.5) is 0 Å². The highest BCUT2D eigenvalue weighted by atomic mass is 79.9. The van der Waals surface area contributed by atoms with Crippen LogP contribution in [0.5, 0.6) is 0 Å². The molecular weight excluding hydrogens is 282 g/mol. The van der Waals surface area contributed by atoms with Crippen molar-refractivity contribution in [3.8, 4) is 0 Å². The lowest BCUT2D eigenvalue weighted by molar-refractivity contribution is 0.256. The van der Waals surface area contributed by atoms with E-state index in [0.29, 0.717) is 5.92 Å². The van der Waals surface area contributed by atoms with Crippen LogP contribution in [0.1, 0.15) is 49.1 Å². The van der Waals surface area contributed by atoms with Gasteiger partial charge < -0.3 is 5.73 Å². The smallest absolute Gasteiger partial charge is 0.0704 e. The van der Waals surface area contributed by atoms with Crippen LogP contribution in [-0.2, 0) is 0 Å². The highest BCUT2D eigenvalue weighted by Crippen LogP contribution is 2.39. The molecule has 1 aliphatic carbocycles. The highest BCUT2D eigenvalue weighted by Gasteiger charge is 2.26. The minimum atomic E-state index is 0.245. The van der Waals surface area contributed by atoms with Gasteiger partial charge in [0.05, 0.1) is 3.79 Å². The molecule has 1 heterocycles. The fourth-order valence-electron chi connectivity index (χ4n) is 2.69. The van der Waals surface area contributed by atoms with Gasteiger partial charge in [-0.05, 0) is 59.2 Å². The lowest BCUT2D eigenvalue weighted by Crippen LogP contribution is -2.25. The fourth-order valence-corrected chi connectivity index (χ4v) is 4.45. The summed E-state index contributed by atoms with van der Waals surface area (Å²) < 4.78 is 1.21. The molecule has 16 heavy (non-hydrogen) atoms. The average molecular weight is 302 g/mol. The number of rotatable bonds is 2. The van der Waals surface area contributed by atoms with Gasteiger partial charge in [-0.3, -0.25) is 0 Å². The van der Waals surface area contributed by atoms with E-state index in [4.69, 9.17) is 5.73 Å². The van der Waals surface area contributed by atoms with Crippen LogP contribution in [0, 0.1) is 18.8 Å². The van der Waals surface area contributed by atoms with E-state index >= 15 is 0 Å². The van der Waals surface area contributed by atoms with E-state index in [1.807, 2.05) is 0 Å². The lowest BCUT2D eigenvalue weighted by atomic mass is 9.78. The molecule has 1 aromatic heterocycles. The van der Waals surface area contributed by atoms with Crippen molar-refractivity contribution < 1.29 is 0 Å². The lowest BCUT2D eigenvalue weighted by Gasteiger charge is -2.30. The Morgan fingerprint density at radius 2 is 2.00 bits per heavy atom. The third kappa shape index (κ3) is 2.69. The van der Waals surface area contributed by atoms with Gasteiger partial charge in [-0.2, -0.15) is 0 Å². The van der Waals surface area contributed by atoms with Gasteiger partial charge in [-0.25, -0.2) is 0 Å². The molecule has 1 aromatic rings. The number of aryl methyl sites for hydroxylation is 1. The first-order valence-corrected chi connectivity index (χ1v) is 7.70. The van der Waals surface area contributed by atoms with Crippen molar-refractivity contribution in [3.63, 3.8) is 0 Å². The molecule has 0 spiro atoms. The predicted molar refractivity (Wildman–Crippen MR) is 74.8 cm³/mol. The van der Waals surface area contributed by atoms with Crippen molar-refractivity contribution in [2.24, 2.45) is 17.6 Å². The Bertz CT molecular complexity index is 353. The molecule has 1 saturated carbocycles. The first kappa shape index (κ1) is 12.6. The Kier molecular flexibility index (Phi) is 4.09. The van der Waals surface area contributed by atoms with Crippen LogP contribution in [0.3, 0.4) is 0 Å². The highest BCUT2D eigenvalue weighted by molar-refractivity contribution is 9.11. The molecule has 0 aliphatic heterocycles. The van der Waals surface area contributed by atoms with E-state index in [-0.39, 0.29) is 6.04 Å². The number of nitrogens with two attached hydrogens (primary N) is 1. The maximum Gasteiger partial charge on any atom is 0.0704 e. The van der Waals surface area contributed by atoms with E-state index in [1.54, 1.807) is 11.3 Å². The van der Waals surface area contributed by atoms with Gasteiger partial charge in [0, 0.05) is 10.9 Å². The Balaban J connectivity index is 2.07. The summed E-state index contributed by atoms with van der Waals surface area (Å²) in [5, 5.41) is 0. The summed E-state index contributed by atoms with van der Waals surface area (Å²) in [6.45, 7) is 4.53.